The van der Waals surface area contributed by atoms with Gasteiger partial charge in [-0.15, -0.1) is 13.2 Å². The van der Waals surface area contributed by atoms with Crippen molar-refractivity contribution in [1.29, 1.82) is 0 Å². The molecule has 6 nitrogen and oxygen atoms in total. The van der Waals surface area contributed by atoms with Gasteiger partial charge in [0.1, 0.15) is 0 Å². The van der Waals surface area contributed by atoms with Gasteiger partial charge in [0, 0.05) is 18.7 Å². The molecule has 32 heavy (non-hydrogen) atoms. The van der Waals surface area contributed by atoms with Crippen LogP contribution in [0.25, 0.3) is 0 Å². The molecule has 0 bridgehead atoms. The Morgan fingerprint density at radius 3 is 2.41 bits per heavy atom. The molecule has 3 aromatic rings. The highest BCUT2D eigenvalue weighted by Gasteiger charge is 2.25. The molecule has 0 aliphatic heterocycles. The molecule has 0 saturated carbocycles. The molecular weight excluding hydrogens is 422 g/mol. The largest absolute Gasteiger partial charge is 0.329 e. The molecular formula is C25H27N3O3S. The Labute approximate surface area is 189 Å². The Morgan fingerprint density at radius 2 is 1.75 bits per heavy atom. The first-order chi connectivity index (χ1) is 15.4. The molecule has 0 spiro atoms. The quantitative estimate of drug-likeness (QED) is 0.435. The fourth-order valence-corrected chi connectivity index (χ4v) is 5.00. The lowest BCUT2D eigenvalue weighted by Crippen LogP contribution is -2.32. The second-order valence-corrected chi connectivity index (χ2v) is 9.35. The van der Waals surface area contributed by atoms with Gasteiger partial charge in [0.25, 0.3) is 5.91 Å². The number of sulfone groups is 1. The standard InChI is InChI=1S/C25H27N3O3S/c1-4-15-27(24(29)23-14-10-9-11-20(23)3)18-22-17-26-25(28(22)16-5-2)32(30,31)19-21-12-7-6-8-13-21/h4-14,17H,1-2,15-16,18-19H2,3H3. The van der Waals surface area contributed by atoms with Gasteiger partial charge >= 0.3 is 0 Å². The number of carbonyl (C=O) groups is 1. The van der Waals surface area contributed by atoms with Crippen LogP contribution in [0.5, 0.6) is 0 Å². The van der Waals surface area contributed by atoms with E-state index in [1.807, 2.05) is 31.2 Å². The number of rotatable bonds is 10. The van der Waals surface area contributed by atoms with Crippen LogP contribution < -0.4 is 0 Å². The van der Waals surface area contributed by atoms with Crippen LogP contribution >= 0.6 is 0 Å². The summed E-state index contributed by atoms with van der Waals surface area (Å²) < 4.78 is 27.8. The zero-order chi connectivity index (χ0) is 23.1. The van der Waals surface area contributed by atoms with E-state index in [-0.39, 0.29) is 29.9 Å². The lowest BCUT2D eigenvalue weighted by atomic mass is 10.1. The molecule has 0 aliphatic carbocycles. The van der Waals surface area contributed by atoms with Crippen molar-refractivity contribution in [3.8, 4) is 0 Å². The summed E-state index contributed by atoms with van der Waals surface area (Å²) in [7, 11) is -3.69. The molecule has 0 saturated heterocycles. The van der Waals surface area contributed by atoms with Gasteiger partial charge in [0.2, 0.25) is 15.0 Å². The van der Waals surface area contributed by atoms with Crippen molar-refractivity contribution in [2.75, 3.05) is 6.54 Å². The zero-order valence-corrected chi connectivity index (χ0v) is 19.0. The number of aryl methyl sites for hydroxylation is 1. The number of allylic oxidation sites excluding steroid dienone is 1. The molecule has 0 unspecified atom stereocenters. The number of carbonyl (C=O) groups excluding carboxylic acids is 1. The number of hydrogen-bond donors (Lipinski definition) is 0. The van der Waals surface area contributed by atoms with E-state index in [1.54, 1.807) is 52.0 Å². The van der Waals surface area contributed by atoms with Crippen LogP contribution in [-0.4, -0.2) is 35.3 Å². The van der Waals surface area contributed by atoms with Gasteiger partial charge < -0.3 is 9.47 Å². The molecule has 0 atom stereocenters. The lowest BCUT2D eigenvalue weighted by molar-refractivity contribution is 0.0758. The fraction of sp³-hybridized carbons (Fsp3) is 0.200. The van der Waals surface area contributed by atoms with Crippen LogP contribution in [0.1, 0.15) is 27.2 Å². The molecule has 0 radical (unpaired) electrons. The molecule has 166 valence electrons. The minimum Gasteiger partial charge on any atom is -0.329 e. The number of imidazole rings is 1. The Bertz CT molecular complexity index is 1210. The van der Waals surface area contributed by atoms with Gasteiger partial charge in [-0.05, 0) is 24.1 Å². The number of benzene rings is 2. The second kappa shape index (κ2) is 10.2. The average Bonchev–Trinajstić information content (AvgIpc) is 3.17. The van der Waals surface area contributed by atoms with Crippen molar-refractivity contribution in [2.45, 2.75) is 30.9 Å². The number of hydrogen-bond acceptors (Lipinski definition) is 4. The summed E-state index contributed by atoms with van der Waals surface area (Å²) in [5.41, 5.74) is 2.77. The van der Waals surface area contributed by atoms with Gasteiger partial charge in [-0.1, -0.05) is 60.7 Å². The van der Waals surface area contributed by atoms with Gasteiger partial charge in [-0.3, -0.25) is 4.79 Å². The highest BCUT2D eigenvalue weighted by atomic mass is 32.2. The SMILES string of the molecule is C=CCN(Cc1cnc(S(=O)(=O)Cc2ccccc2)n1CC=C)C(=O)c1ccccc1C. The van der Waals surface area contributed by atoms with E-state index in [0.717, 1.165) is 5.56 Å². The zero-order valence-electron chi connectivity index (χ0n) is 18.1. The first kappa shape index (κ1) is 23.2. The third-order valence-corrected chi connectivity index (χ3v) is 6.65. The summed E-state index contributed by atoms with van der Waals surface area (Å²) in [6, 6.07) is 16.4. The summed E-state index contributed by atoms with van der Waals surface area (Å²) in [4.78, 5) is 19.0. The van der Waals surface area contributed by atoms with Crippen molar-refractivity contribution in [3.63, 3.8) is 0 Å². The Kier molecular flexibility index (Phi) is 7.43. The van der Waals surface area contributed by atoms with E-state index >= 15 is 0 Å². The highest BCUT2D eigenvalue weighted by molar-refractivity contribution is 7.90. The molecule has 3 rings (SSSR count). The maximum Gasteiger partial charge on any atom is 0.254 e. The Morgan fingerprint density at radius 1 is 1.06 bits per heavy atom. The van der Waals surface area contributed by atoms with E-state index < -0.39 is 9.84 Å². The van der Waals surface area contributed by atoms with Crippen molar-refractivity contribution >= 4 is 15.7 Å². The van der Waals surface area contributed by atoms with Crippen molar-refractivity contribution in [3.05, 3.63) is 108 Å². The van der Waals surface area contributed by atoms with Crippen molar-refractivity contribution in [1.82, 2.24) is 14.5 Å². The minimum absolute atomic E-state index is 0.0295. The Hall–Kier alpha value is -3.45. The third kappa shape index (κ3) is 5.23. The predicted molar refractivity (Wildman–Crippen MR) is 126 cm³/mol. The Balaban J connectivity index is 1.94. The average molecular weight is 450 g/mol. The molecule has 0 fully saturated rings. The van der Waals surface area contributed by atoms with E-state index in [2.05, 4.69) is 18.1 Å². The van der Waals surface area contributed by atoms with E-state index in [1.165, 1.54) is 6.20 Å². The number of amides is 1. The first-order valence-corrected chi connectivity index (χ1v) is 11.9. The van der Waals surface area contributed by atoms with Crippen LogP contribution in [0.2, 0.25) is 0 Å². The minimum atomic E-state index is -3.69. The van der Waals surface area contributed by atoms with Crippen molar-refractivity contribution < 1.29 is 13.2 Å². The van der Waals surface area contributed by atoms with Gasteiger partial charge in [-0.25, -0.2) is 13.4 Å². The van der Waals surface area contributed by atoms with Gasteiger partial charge in [0.05, 0.1) is 24.2 Å². The van der Waals surface area contributed by atoms with Crippen LogP contribution in [0.3, 0.4) is 0 Å². The highest BCUT2D eigenvalue weighted by Crippen LogP contribution is 2.20. The molecule has 1 amide bonds. The van der Waals surface area contributed by atoms with E-state index in [4.69, 9.17) is 0 Å². The van der Waals surface area contributed by atoms with Crippen LogP contribution in [0.4, 0.5) is 0 Å². The molecule has 0 N–H and O–H groups in total. The predicted octanol–water partition coefficient (Wildman–Crippen LogP) is 4.18. The third-order valence-electron chi connectivity index (χ3n) is 5.06. The summed E-state index contributed by atoms with van der Waals surface area (Å²) in [6.07, 6.45) is 4.79. The first-order valence-electron chi connectivity index (χ1n) is 10.2. The van der Waals surface area contributed by atoms with Crippen LogP contribution in [-0.2, 0) is 28.7 Å². The molecule has 1 heterocycles. The van der Waals surface area contributed by atoms with E-state index in [0.29, 0.717) is 23.4 Å². The molecule has 2 aromatic carbocycles. The number of aromatic nitrogens is 2. The molecule has 7 heteroatoms. The normalized spacial score (nSPS) is 11.2. The monoisotopic (exact) mass is 449 g/mol. The van der Waals surface area contributed by atoms with Crippen molar-refractivity contribution in [2.24, 2.45) is 0 Å². The van der Waals surface area contributed by atoms with E-state index in [9.17, 15) is 13.2 Å². The van der Waals surface area contributed by atoms with Crippen LogP contribution in [0.15, 0.2) is 91.3 Å². The fourth-order valence-electron chi connectivity index (χ4n) is 3.50. The maximum atomic E-state index is 13.2. The summed E-state index contributed by atoms with van der Waals surface area (Å²) in [6.45, 7) is 10.2. The van der Waals surface area contributed by atoms with Gasteiger partial charge in [-0.2, -0.15) is 0 Å². The summed E-state index contributed by atoms with van der Waals surface area (Å²) >= 11 is 0. The summed E-state index contributed by atoms with van der Waals surface area (Å²) in [5, 5.41) is -0.0295. The second-order valence-electron chi connectivity index (χ2n) is 7.47. The smallest absolute Gasteiger partial charge is 0.254 e. The molecule has 0 aliphatic rings. The van der Waals surface area contributed by atoms with Crippen LogP contribution in [0, 0.1) is 6.92 Å². The lowest BCUT2D eigenvalue weighted by Gasteiger charge is -2.23. The number of nitrogens with zero attached hydrogens (tertiary/aromatic N) is 3. The maximum absolute atomic E-state index is 13.2. The topological polar surface area (TPSA) is 72.3 Å². The molecule has 1 aromatic heterocycles. The van der Waals surface area contributed by atoms with Gasteiger partial charge in [0.15, 0.2) is 0 Å². The summed E-state index contributed by atoms with van der Waals surface area (Å²) in [5.74, 6) is -0.303.